The van der Waals surface area contributed by atoms with Crippen molar-refractivity contribution in [1.29, 1.82) is 0 Å². The van der Waals surface area contributed by atoms with Crippen LogP contribution in [0.1, 0.15) is 0 Å². The topological polar surface area (TPSA) is 44.8 Å². The zero-order valence-corrected chi connectivity index (χ0v) is 7.36. The van der Waals surface area contributed by atoms with Crippen molar-refractivity contribution >= 4 is 5.97 Å². The van der Waals surface area contributed by atoms with Gasteiger partial charge in [-0.25, -0.2) is 14.1 Å². The summed E-state index contributed by atoms with van der Waals surface area (Å²) >= 11 is 0. The Balaban J connectivity index is 5.45. The van der Waals surface area contributed by atoms with Crippen LogP contribution < -0.4 is 0 Å². The van der Waals surface area contributed by atoms with Gasteiger partial charge in [-0.3, -0.25) is 4.74 Å². The minimum Gasteiger partial charge on any atom is -0.265 e. The number of rotatable bonds is 5. The van der Waals surface area contributed by atoms with Crippen LogP contribution in [0.25, 0.3) is 0 Å². The molecule has 0 saturated carbocycles. The normalized spacial score (nSPS) is 16.5. The average Bonchev–Trinajstić information content (AvgIpc) is 2.23. The van der Waals surface area contributed by atoms with Gasteiger partial charge in [0.2, 0.25) is 0 Å². The molecule has 0 aromatic carbocycles. The molecule has 0 radical (unpaired) electrons. The van der Waals surface area contributed by atoms with Crippen LogP contribution in [0.15, 0.2) is 0 Å². The summed E-state index contributed by atoms with van der Waals surface area (Å²) in [7, 11) is 0. The first-order chi connectivity index (χ1) is 7.56. The first kappa shape index (κ1) is 15.8. The van der Waals surface area contributed by atoms with Crippen molar-refractivity contribution < 1.29 is 54.8 Å². The van der Waals surface area contributed by atoms with Gasteiger partial charge in [-0.2, -0.15) is 22.0 Å². The van der Waals surface area contributed by atoms with E-state index in [1.165, 1.54) is 0 Å². The molecule has 0 aliphatic carbocycles. The monoisotopic (exact) mass is 278 g/mol. The molecule has 0 aliphatic rings. The fourth-order valence-corrected chi connectivity index (χ4v) is 0.595. The molecule has 0 rings (SSSR count). The maximum atomic E-state index is 12.2. The summed E-state index contributed by atoms with van der Waals surface area (Å²) in [4.78, 5) is 14.0. The number of halogens is 8. The smallest absolute Gasteiger partial charge is 0.265 e. The Hall–Kier alpha value is -1.17. The highest BCUT2D eigenvalue weighted by Crippen LogP contribution is 2.40. The number of carbonyl (C=O) groups excluding carboxylic acids is 1. The summed E-state index contributed by atoms with van der Waals surface area (Å²) in [6, 6.07) is 0. The van der Waals surface area contributed by atoms with E-state index < -0.39 is 30.7 Å². The lowest BCUT2D eigenvalue weighted by atomic mass is 10.2. The number of alkyl halides is 6. The minimum absolute atomic E-state index is 1.88. The Morgan fingerprint density at radius 2 is 1.53 bits per heavy atom. The second-order valence-corrected chi connectivity index (χ2v) is 2.43. The standard InChI is InChI=1S/C5H2F8O4/c6-1-3(7,8)16-4(17-13,2(14)15-12)5(9,10)11/h1H2. The summed E-state index contributed by atoms with van der Waals surface area (Å²) in [5, 5.41) is 0. The van der Waals surface area contributed by atoms with Crippen LogP contribution >= 0.6 is 0 Å². The van der Waals surface area contributed by atoms with Crippen LogP contribution in [0.4, 0.5) is 35.4 Å². The van der Waals surface area contributed by atoms with Gasteiger partial charge in [-0.05, 0) is 4.53 Å². The van der Waals surface area contributed by atoms with E-state index in [1.54, 1.807) is 0 Å². The number of carbonyl (C=O) groups is 1. The second kappa shape index (κ2) is 5.00. The van der Waals surface area contributed by atoms with Gasteiger partial charge in [0, 0.05) is 4.53 Å². The van der Waals surface area contributed by atoms with Gasteiger partial charge in [0.05, 0.1) is 0 Å². The molecule has 17 heavy (non-hydrogen) atoms. The van der Waals surface area contributed by atoms with Crippen molar-refractivity contribution in [2.45, 2.75) is 18.1 Å². The second-order valence-electron chi connectivity index (χ2n) is 2.43. The van der Waals surface area contributed by atoms with Crippen molar-refractivity contribution in [3.05, 3.63) is 0 Å². The first-order valence-corrected chi connectivity index (χ1v) is 3.39. The molecule has 102 valence electrons. The Morgan fingerprint density at radius 3 is 1.76 bits per heavy atom. The van der Waals surface area contributed by atoms with Crippen molar-refractivity contribution in [2.24, 2.45) is 0 Å². The van der Waals surface area contributed by atoms with Gasteiger partial charge < -0.3 is 0 Å². The number of hydrogen-bond donors (Lipinski definition) is 0. The third kappa shape index (κ3) is 3.15. The summed E-state index contributed by atoms with van der Waals surface area (Å²) in [5.41, 5.74) is 0. The van der Waals surface area contributed by atoms with E-state index in [0.29, 0.717) is 0 Å². The third-order valence-corrected chi connectivity index (χ3v) is 1.27. The van der Waals surface area contributed by atoms with Gasteiger partial charge >= 0.3 is 24.0 Å². The highest BCUT2D eigenvalue weighted by Gasteiger charge is 2.71. The predicted octanol–water partition coefficient (Wildman–Crippen LogP) is 2.15. The molecule has 12 heteroatoms. The molecular weight excluding hydrogens is 276 g/mol. The largest absolute Gasteiger partial charge is 0.459 e. The van der Waals surface area contributed by atoms with E-state index in [0.717, 1.165) is 0 Å². The summed E-state index contributed by atoms with van der Waals surface area (Å²) in [5.74, 6) is -8.74. The van der Waals surface area contributed by atoms with E-state index in [9.17, 15) is 40.2 Å². The van der Waals surface area contributed by atoms with E-state index in [-0.39, 0.29) is 0 Å². The molecule has 0 fully saturated rings. The molecule has 1 atom stereocenters. The Kier molecular flexibility index (Phi) is 4.65. The average molecular weight is 278 g/mol. The van der Waals surface area contributed by atoms with Gasteiger partial charge in [-0.1, -0.05) is 0 Å². The Labute approximate surface area is 86.8 Å². The zero-order valence-electron chi connectivity index (χ0n) is 7.36. The number of ether oxygens (including phenoxy) is 1. The van der Waals surface area contributed by atoms with Crippen molar-refractivity contribution in [1.82, 2.24) is 0 Å². The van der Waals surface area contributed by atoms with Crippen molar-refractivity contribution in [2.75, 3.05) is 6.67 Å². The first-order valence-electron chi connectivity index (χ1n) is 3.39. The van der Waals surface area contributed by atoms with Gasteiger partial charge in [-0.15, -0.1) is 4.94 Å². The van der Waals surface area contributed by atoms with E-state index in [4.69, 9.17) is 0 Å². The lowest BCUT2D eigenvalue weighted by molar-refractivity contribution is -0.477. The van der Waals surface area contributed by atoms with E-state index in [2.05, 4.69) is 4.74 Å². The zero-order chi connectivity index (χ0) is 13.9. The van der Waals surface area contributed by atoms with Crippen LogP contribution in [0.2, 0.25) is 0 Å². The fourth-order valence-electron chi connectivity index (χ4n) is 0.595. The lowest BCUT2D eigenvalue weighted by Gasteiger charge is -2.29. The molecule has 0 bridgehead atoms. The molecule has 4 nitrogen and oxygen atoms in total. The van der Waals surface area contributed by atoms with Gasteiger partial charge in [0.15, 0.2) is 6.67 Å². The van der Waals surface area contributed by atoms with E-state index >= 15 is 0 Å². The summed E-state index contributed by atoms with van der Waals surface area (Å²) in [6.45, 7) is -2.85. The van der Waals surface area contributed by atoms with Crippen molar-refractivity contribution in [3.63, 3.8) is 0 Å². The fraction of sp³-hybridized carbons (Fsp3) is 0.800. The molecule has 0 amide bonds. The predicted molar refractivity (Wildman–Crippen MR) is 30.2 cm³/mol. The molecular formula is C5H2F8O4. The molecule has 0 aromatic rings. The van der Waals surface area contributed by atoms with Crippen LogP contribution in [0, 0.1) is 0 Å². The summed E-state index contributed by atoms with van der Waals surface area (Å²) in [6.07, 6.45) is -11.5. The lowest BCUT2D eigenvalue weighted by Crippen LogP contribution is -2.58. The highest BCUT2D eigenvalue weighted by molar-refractivity contribution is 5.78. The molecule has 0 spiro atoms. The minimum atomic E-state index is -6.29. The highest BCUT2D eigenvalue weighted by atomic mass is 19.4. The third-order valence-electron chi connectivity index (χ3n) is 1.27. The molecule has 0 heterocycles. The quantitative estimate of drug-likeness (QED) is 0.571. The summed E-state index contributed by atoms with van der Waals surface area (Å²) < 4.78 is 97.5. The van der Waals surface area contributed by atoms with Crippen LogP contribution in [0.3, 0.4) is 0 Å². The SMILES string of the molecule is O=C(OF)C(OF)(OC(F)(F)CF)C(F)(F)F. The van der Waals surface area contributed by atoms with Crippen LogP contribution in [-0.4, -0.2) is 30.7 Å². The van der Waals surface area contributed by atoms with E-state index in [1.807, 2.05) is 9.88 Å². The molecule has 0 aliphatic heterocycles. The molecule has 0 aromatic heterocycles. The van der Waals surface area contributed by atoms with Crippen molar-refractivity contribution in [3.8, 4) is 0 Å². The van der Waals surface area contributed by atoms with Gasteiger partial charge in [0.1, 0.15) is 0 Å². The maximum Gasteiger partial charge on any atom is 0.459 e. The maximum absolute atomic E-state index is 12.2. The van der Waals surface area contributed by atoms with Gasteiger partial charge in [0.25, 0.3) is 0 Å². The Morgan fingerprint density at radius 1 is 1.06 bits per heavy atom. The number of hydrogen-bond acceptors (Lipinski definition) is 4. The molecule has 1 unspecified atom stereocenters. The molecule has 0 saturated heterocycles. The molecule has 0 N–H and O–H groups in total. The van der Waals surface area contributed by atoms with Crippen LogP contribution in [0.5, 0.6) is 0 Å². The Bertz CT molecular complexity index is 278. The van der Waals surface area contributed by atoms with Crippen LogP contribution in [-0.2, 0) is 19.4 Å².